The van der Waals surface area contributed by atoms with Crippen LogP contribution in [0.15, 0.2) is 36.5 Å². The van der Waals surface area contributed by atoms with Crippen LogP contribution in [0.2, 0.25) is 0 Å². The lowest BCUT2D eigenvalue weighted by Crippen LogP contribution is -2.56. The van der Waals surface area contributed by atoms with E-state index in [9.17, 15) is 4.79 Å². The van der Waals surface area contributed by atoms with Gasteiger partial charge in [0.2, 0.25) is 5.91 Å². The lowest BCUT2D eigenvalue weighted by molar-refractivity contribution is -0.135. The van der Waals surface area contributed by atoms with E-state index in [1.165, 1.54) is 0 Å². The fraction of sp³-hybridized carbons (Fsp3) is 0.524. The first-order chi connectivity index (χ1) is 12.4. The van der Waals surface area contributed by atoms with Crippen LogP contribution in [0.5, 0.6) is 0 Å². The molecule has 3 atom stereocenters. The maximum Gasteiger partial charge on any atom is 0.237 e. The van der Waals surface area contributed by atoms with Gasteiger partial charge in [0.05, 0.1) is 23.8 Å². The summed E-state index contributed by atoms with van der Waals surface area (Å²) in [6.45, 7) is 10.5. The molecule has 1 fully saturated rings. The van der Waals surface area contributed by atoms with Crippen molar-refractivity contribution in [2.24, 2.45) is 5.92 Å². The first kappa shape index (κ1) is 18.8. The molecular formula is C21H29N3O2. The van der Waals surface area contributed by atoms with Gasteiger partial charge in [0, 0.05) is 31.2 Å². The van der Waals surface area contributed by atoms with Crippen LogP contribution in [-0.4, -0.2) is 47.1 Å². The number of fused-ring (bicyclic) bond motifs is 1. The van der Waals surface area contributed by atoms with Gasteiger partial charge in [-0.1, -0.05) is 26.0 Å². The topological polar surface area (TPSA) is 54.5 Å². The van der Waals surface area contributed by atoms with Crippen LogP contribution in [0.25, 0.3) is 10.9 Å². The Hall–Kier alpha value is -1.98. The normalized spacial score (nSPS) is 22.5. The van der Waals surface area contributed by atoms with E-state index in [1.54, 1.807) is 6.20 Å². The summed E-state index contributed by atoms with van der Waals surface area (Å²) < 4.78 is 5.82. The van der Waals surface area contributed by atoms with Crippen LogP contribution in [0.3, 0.4) is 0 Å². The van der Waals surface area contributed by atoms with E-state index in [4.69, 9.17) is 4.74 Å². The summed E-state index contributed by atoms with van der Waals surface area (Å²) in [6.07, 6.45) is 2.10. The van der Waals surface area contributed by atoms with Crippen molar-refractivity contribution >= 4 is 16.8 Å². The van der Waals surface area contributed by atoms with E-state index in [2.05, 4.69) is 49.0 Å². The van der Waals surface area contributed by atoms with Gasteiger partial charge in [0.1, 0.15) is 0 Å². The Bertz CT molecular complexity index is 752. The molecule has 0 aliphatic carbocycles. The third kappa shape index (κ3) is 4.40. The molecule has 3 unspecified atom stereocenters. The number of benzene rings is 1. The molecule has 0 bridgehead atoms. The number of amides is 1. The number of carbonyl (C=O) groups excluding carboxylic acids is 1. The first-order valence-electron chi connectivity index (χ1n) is 9.45. The summed E-state index contributed by atoms with van der Waals surface area (Å²) in [4.78, 5) is 19.5. The summed E-state index contributed by atoms with van der Waals surface area (Å²) in [6, 6.07) is 9.96. The predicted octanol–water partition coefficient (Wildman–Crippen LogP) is 2.98. The highest BCUT2D eigenvalue weighted by Crippen LogP contribution is 2.19. The molecule has 1 aliphatic rings. The molecule has 3 rings (SSSR count). The maximum atomic E-state index is 12.9. The molecule has 2 heterocycles. The largest absolute Gasteiger partial charge is 0.373 e. The van der Waals surface area contributed by atoms with Gasteiger partial charge in [0.25, 0.3) is 0 Å². The van der Waals surface area contributed by atoms with Crippen molar-refractivity contribution in [3.05, 3.63) is 42.1 Å². The van der Waals surface area contributed by atoms with E-state index < -0.39 is 0 Å². The zero-order valence-electron chi connectivity index (χ0n) is 16.1. The fourth-order valence-electron chi connectivity index (χ4n) is 3.86. The average Bonchev–Trinajstić information content (AvgIpc) is 2.59. The Balaban J connectivity index is 1.67. The molecule has 1 saturated heterocycles. The second-order valence-electron chi connectivity index (χ2n) is 7.65. The van der Waals surface area contributed by atoms with E-state index >= 15 is 0 Å². The molecule has 140 valence electrons. The number of hydrogen-bond acceptors (Lipinski definition) is 4. The third-order valence-corrected chi connectivity index (χ3v) is 4.88. The summed E-state index contributed by atoms with van der Waals surface area (Å²) in [5, 5.41) is 4.22. The van der Waals surface area contributed by atoms with E-state index in [0.717, 1.165) is 29.6 Å². The highest BCUT2D eigenvalue weighted by molar-refractivity contribution is 5.82. The second kappa shape index (κ2) is 8.14. The molecule has 1 amide bonds. The molecular weight excluding hydrogens is 326 g/mol. The van der Waals surface area contributed by atoms with Crippen LogP contribution in [-0.2, 0) is 16.1 Å². The van der Waals surface area contributed by atoms with Gasteiger partial charge >= 0.3 is 0 Å². The standard InChI is InChI=1S/C21H29N3O2/c1-14(2)20(24-12-15(3)26-16(4)13-24)21(25)23-11-17-7-8-19-18(10-17)6-5-9-22-19/h5-10,14-16,20H,11-13H2,1-4H3,(H,23,25). The number of rotatable bonds is 5. The highest BCUT2D eigenvalue weighted by atomic mass is 16.5. The molecule has 2 aromatic rings. The molecule has 1 aromatic carbocycles. The van der Waals surface area contributed by atoms with Crippen molar-refractivity contribution in [1.82, 2.24) is 15.2 Å². The Labute approximate surface area is 155 Å². The van der Waals surface area contributed by atoms with Gasteiger partial charge in [-0.05, 0) is 43.5 Å². The van der Waals surface area contributed by atoms with Gasteiger partial charge in [0.15, 0.2) is 0 Å². The van der Waals surface area contributed by atoms with Crippen LogP contribution >= 0.6 is 0 Å². The minimum Gasteiger partial charge on any atom is -0.373 e. The average molecular weight is 355 g/mol. The number of pyridine rings is 1. The maximum absolute atomic E-state index is 12.9. The zero-order chi connectivity index (χ0) is 18.7. The molecule has 1 N–H and O–H groups in total. The summed E-state index contributed by atoms with van der Waals surface area (Å²) in [5.41, 5.74) is 2.06. The van der Waals surface area contributed by atoms with Gasteiger partial charge in [-0.2, -0.15) is 0 Å². The van der Waals surface area contributed by atoms with E-state index in [1.807, 2.05) is 24.3 Å². The summed E-state index contributed by atoms with van der Waals surface area (Å²) in [5.74, 6) is 0.334. The lowest BCUT2D eigenvalue weighted by atomic mass is 9.99. The van der Waals surface area contributed by atoms with Crippen LogP contribution < -0.4 is 5.32 Å². The molecule has 1 aliphatic heterocycles. The Kier molecular flexibility index (Phi) is 5.89. The Morgan fingerprint density at radius 1 is 1.27 bits per heavy atom. The van der Waals surface area contributed by atoms with E-state index in [0.29, 0.717) is 6.54 Å². The van der Waals surface area contributed by atoms with Gasteiger partial charge in [-0.25, -0.2) is 0 Å². The molecule has 0 radical (unpaired) electrons. The Morgan fingerprint density at radius 2 is 2.00 bits per heavy atom. The number of hydrogen-bond donors (Lipinski definition) is 1. The molecule has 26 heavy (non-hydrogen) atoms. The summed E-state index contributed by atoms with van der Waals surface area (Å²) in [7, 11) is 0. The summed E-state index contributed by atoms with van der Waals surface area (Å²) >= 11 is 0. The first-order valence-corrected chi connectivity index (χ1v) is 9.45. The van der Waals surface area contributed by atoms with Crippen LogP contribution in [0, 0.1) is 5.92 Å². The smallest absolute Gasteiger partial charge is 0.237 e. The fourth-order valence-corrected chi connectivity index (χ4v) is 3.86. The molecule has 1 aromatic heterocycles. The predicted molar refractivity (Wildman–Crippen MR) is 104 cm³/mol. The number of morpholine rings is 1. The van der Waals surface area contributed by atoms with Gasteiger partial charge < -0.3 is 10.1 Å². The van der Waals surface area contributed by atoms with E-state index in [-0.39, 0.29) is 30.1 Å². The lowest BCUT2D eigenvalue weighted by Gasteiger charge is -2.41. The molecule has 5 nitrogen and oxygen atoms in total. The van der Waals surface area contributed by atoms with Gasteiger partial charge in [-0.15, -0.1) is 0 Å². The number of nitrogens with zero attached hydrogens (tertiary/aromatic N) is 2. The van der Waals surface area contributed by atoms with Gasteiger partial charge in [-0.3, -0.25) is 14.7 Å². The number of nitrogens with one attached hydrogen (secondary N) is 1. The molecule has 0 spiro atoms. The minimum absolute atomic E-state index is 0.0904. The van der Waals surface area contributed by atoms with Crippen molar-refractivity contribution in [2.45, 2.75) is 52.5 Å². The second-order valence-corrected chi connectivity index (χ2v) is 7.65. The van der Waals surface area contributed by atoms with Crippen LogP contribution in [0.4, 0.5) is 0 Å². The van der Waals surface area contributed by atoms with Crippen molar-refractivity contribution in [3.8, 4) is 0 Å². The Morgan fingerprint density at radius 3 is 2.69 bits per heavy atom. The minimum atomic E-state index is -0.133. The van der Waals surface area contributed by atoms with Crippen molar-refractivity contribution in [3.63, 3.8) is 0 Å². The highest BCUT2D eigenvalue weighted by Gasteiger charge is 2.33. The molecule has 0 saturated carbocycles. The van der Waals surface area contributed by atoms with Crippen LogP contribution in [0.1, 0.15) is 33.3 Å². The monoisotopic (exact) mass is 355 g/mol. The zero-order valence-corrected chi connectivity index (χ0v) is 16.1. The number of ether oxygens (including phenoxy) is 1. The number of carbonyl (C=O) groups is 1. The van der Waals surface area contributed by atoms with Crippen molar-refractivity contribution < 1.29 is 9.53 Å². The third-order valence-electron chi connectivity index (χ3n) is 4.88. The molecule has 5 heteroatoms. The number of aromatic nitrogens is 1. The van der Waals surface area contributed by atoms with Crippen molar-refractivity contribution in [1.29, 1.82) is 0 Å². The quantitative estimate of drug-likeness (QED) is 0.896. The SMILES string of the molecule is CC1CN(C(C(=O)NCc2ccc3ncccc3c2)C(C)C)CC(C)O1. The van der Waals surface area contributed by atoms with Crippen molar-refractivity contribution in [2.75, 3.05) is 13.1 Å².